The Morgan fingerprint density at radius 3 is 2.25 bits per heavy atom. The van der Waals surface area contributed by atoms with Crippen molar-refractivity contribution in [2.45, 2.75) is 64.6 Å². The fourth-order valence-electron chi connectivity index (χ4n) is 3.32. The Kier molecular flexibility index (Phi) is 4.85. The van der Waals surface area contributed by atoms with Crippen molar-refractivity contribution in [3.8, 4) is 11.5 Å². The molecule has 132 valence electrons. The number of methoxy groups -OCH3 is 1. The van der Waals surface area contributed by atoms with Gasteiger partial charge in [0, 0.05) is 0 Å². The SMILES string of the molecule is COc1ccc(B2OC(C)(C)C(C)(C)O2)cc1OCC1CCCC1. The molecule has 4 nitrogen and oxygen atoms in total. The van der Waals surface area contributed by atoms with Crippen molar-refractivity contribution in [1.29, 1.82) is 0 Å². The third kappa shape index (κ3) is 3.43. The summed E-state index contributed by atoms with van der Waals surface area (Å²) in [6.45, 7) is 9.01. The van der Waals surface area contributed by atoms with Crippen molar-refractivity contribution in [2.75, 3.05) is 13.7 Å². The summed E-state index contributed by atoms with van der Waals surface area (Å²) in [4.78, 5) is 0. The highest BCUT2D eigenvalue weighted by Gasteiger charge is 2.51. The molecule has 0 aromatic heterocycles. The van der Waals surface area contributed by atoms with Crippen molar-refractivity contribution < 1.29 is 18.8 Å². The molecule has 1 saturated heterocycles. The van der Waals surface area contributed by atoms with E-state index in [4.69, 9.17) is 18.8 Å². The van der Waals surface area contributed by atoms with Gasteiger partial charge in [0.2, 0.25) is 0 Å². The van der Waals surface area contributed by atoms with Gasteiger partial charge < -0.3 is 18.8 Å². The third-order valence-corrected chi connectivity index (χ3v) is 5.66. The summed E-state index contributed by atoms with van der Waals surface area (Å²) in [5.74, 6) is 2.19. The molecule has 0 bridgehead atoms. The average molecular weight is 332 g/mol. The minimum Gasteiger partial charge on any atom is -0.493 e. The lowest BCUT2D eigenvalue weighted by Crippen LogP contribution is -2.41. The van der Waals surface area contributed by atoms with Crippen molar-refractivity contribution >= 4 is 12.6 Å². The zero-order chi connectivity index (χ0) is 17.4. The Hall–Kier alpha value is -1.20. The number of hydrogen-bond donors (Lipinski definition) is 0. The van der Waals surface area contributed by atoms with Gasteiger partial charge in [-0.2, -0.15) is 0 Å². The van der Waals surface area contributed by atoms with Crippen LogP contribution in [-0.4, -0.2) is 32.0 Å². The molecule has 1 saturated carbocycles. The average Bonchev–Trinajstić information content (AvgIpc) is 3.11. The Balaban J connectivity index is 1.76. The van der Waals surface area contributed by atoms with Crippen molar-refractivity contribution in [1.82, 2.24) is 0 Å². The van der Waals surface area contributed by atoms with Crippen molar-refractivity contribution in [3.05, 3.63) is 18.2 Å². The molecule has 1 aromatic rings. The van der Waals surface area contributed by atoms with E-state index in [1.54, 1.807) is 7.11 Å². The highest BCUT2D eigenvalue weighted by Crippen LogP contribution is 2.37. The summed E-state index contributed by atoms with van der Waals surface area (Å²) < 4.78 is 23.8. The summed E-state index contributed by atoms with van der Waals surface area (Å²) in [5.41, 5.74) is 0.279. The second-order valence-corrected chi connectivity index (χ2v) is 7.96. The number of hydrogen-bond acceptors (Lipinski definition) is 4. The monoisotopic (exact) mass is 332 g/mol. The first-order chi connectivity index (χ1) is 11.3. The van der Waals surface area contributed by atoms with Crippen LogP contribution in [0.1, 0.15) is 53.4 Å². The van der Waals surface area contributed by atoms with Gasteiger partial charge in [0.15, 0.2) is 11.5 Å². The highest BCUT2D eigenvalue weighted by molar-refractivity contribution is 6.62. The topological polar surface area (TPSA) is 36.9 Å². The van der Waals surface area contributed by atoms with Gasteiger partial charge in [-0.3, -0.25) is 0 Å². The lowest BCUT2D eigenvalue weighted by molar-refractivity contribution is 0.00578. The van der Waals surface area contributed by atoms with Crippen LogP contribution >= 0.6 is 0 Å². The molecule has 1 heterocycles. The van der Waals surface area contributed by atoms with E-state index >= 15 is 0 Å². The number of benzene rings is 1. The molecule has 3 rings (SSSR count). The Bertz CT molecular complexity index is 563. The molecule has 24 heavy (non-hydrogen) atoms. The lowest BCUT2D eigenvalue weighted by Gasteiger charge is -2.32. The van der Waals surface area contributed by atoms with Crippen LogP contribution in [0.2, 0.25) is 0 Å². The first-order valence-corrected chi connectivity index (χ1v) is 8.99. The first kappa shape index (κ1) is 17.6. The van der Waals surface area contributed by atoms with Crippen LogP contribution in [0.3, 0.4) is 0 Å². The Morgan fingerprint density at radius 1 is 1.04 bits per heavy atom. The summed E-state index contributed by atoms with van der Waals surface area (Å²) in [5, 5.41) is 0. The van der Waals surface area contributed by atoms with Crippen LogP contribution in [0, 0.1) is 5.92 Å². The molecule has 1 aromatic carbocycles. The van der Waals surface area contributed by atoms with Crippen molar-refractivity contribution in [2.24, 2.45) is 5.92 Å². The van der Waals surface area contributed by atoms with E-state index in [9.17, 15) is 0 Å². The number of ether oxygens (including phenoxy) is 2. The molecule has 5 heteroatoms. The summed E-state index contributed by atoms with van der Waals surface area (Å²) in [6.07, 6.45) is 5.16. The molecule has 1 aliphatic heterocycles. The maximum atomic E-state index is 6.14. The van der Waals surface area contributed by atoms with Gasteiger partial charge in [-0.15, -0.1) is 0 Å². The largest absolute Gasteiger partial charge is 0.494 e. The molecule has 0 atom stereocenters. The van der Waals surface area contributed by atoms with E-state index in [2.05, 4.69) is 27.7 Å². The maximum absolute atomic E-state index is 6.14. The van der Waals surface area contributed by atoms with Gasteiger partial charge in [0.05, 0.1) is 24.9 Å². The highest BCUT2D eigenvalue weighted by atomic mass is 16.7. The second kappa shape index (κ2) is 6.60. The normalized spacial score (nSPS) is 22.8. The lowest BCUT2D eigenvalue weighted by atomic mass is 9.79. The van der Waals surface area contributed by atoms with Gasteiger partial charge in [-0.1, -0.05) is 18.9 Å². The first-order valence-electron chi connectivity index (χ1n) is 8.99. The van der Waals surface area contributed by atoms with Gasteiger partial charge in [-0.25, -0.2) is 0 Å². The van der Waals surface area contributed by atoms with E-state index in [-0.39, 0.29) is 18.3 Å². The van der Waals surface area contributed by atoms with Crippen LogP contribution in [0.25, 0.3) is 0 Å². The predicted molar refractivity (Wildman–Crippen MR) is 96.2 cm³/mol. The second-order valence-electron chi connectivity index (χ2n) is 7.96. The van der Waals surface area contributed by atoms with Crippen LogP contribution in [0.5, 0.6) is 11.5 Å². The predicted octanol–water partition coefficient (Wildman–Crippen LogP) is 3.56. The Morgan fingerprint density at radius 2 is 1.67 bits per heavy atom. The summed E-state index contributed by atoms with van der Waals surface area (Å²) in [6, 6.07) is 5.92. The zero-order valence-electron chi connectivity index (χ0n) is 15.6. The summed E-state index contributed by atoms with van der Waals surface area (Å²) in [7, 11) is 1.29. The molecular weight excluding hydrogens is 303 g/mol. The van der Waals surface area contributed by atoms with E-state index in [0.717, 1.165) is 23.6 Å². The minimum atomic E-state index is -0.380. The maximum Gasteiger partial charge on any atom is 0.494 e. The third-order valence-electron chi connectivity index (χ3n) is 5.66. The molecule has 0 N–H and O–H groups in total. The molecule has 1 aliphatic carbocycles. The summed E-state index contributed by atoms with van der Waals surface area (Å²) >= 11 is 0. The zero-order valence-corrected chi connectivity index (χ0v) is 15.6. The Labute approximate surface area is 146 Å². The van der Waals surface area contributed by atoms with Gasteiger partial charge >= 0.3 is 7.12 Å². The molecule has 0 amide bonds. The van der Waals surface area contributed by atoms with E-state index < -0.39 is 0 Å². The number of rotatable bonds is 5. The fraction of sp³-hybridized carbons (Fsp3) is 0.684. The molecular formula is C19H29BO4. The van der Waals surface area contributed by atoms with Gasteiger partial charge in [0.25, 0.3) is 0 Å². The van der Waals surface area contributed by atoms with Crippen LogP contribution in [0.15, 0.2) is 18.2 Å². The quantitative estimate of drug-likeness (QED) is 0.773. The van der Waals surface area contributed by atoms with Crippen LogP contribution in [-0.2, 0) is 9.31 Å². The molecule has 0 spiro atoms. The minimum absolute atomic E-state index is 0.345. The standard InChI is InChI=1S/C19H29BO4/c1-18(2)19(3,4)24-20(23-18)15-10-11-16(21-5)17(12-15)22-13-14-8-6-7-9-14/h10-12,14H,6-9,13H2,1-5H3. The van der Waals surface area contributed by atoms with Gasteiger partial charge in [-0.05, 0) is 64.1 Å². The smallest absolute Gasteiger partial charge is 0.493 e. The van der Waals surface area contributed by atoms with Crippen LogP contribution < -0.4 is 14.9 Å². The molecule has 2 aliphatic rings. The van der Waals surface area contributed by atoms with Gasteiger partial charge in [0.1, 0.15) is 0 Å². The molecule has 0 radical (unpaired) electrons. The van der Waals surface area contributed by atoms with E-state index in [0.29, 0.717) is 5.92 Å². The van der Waals surface area contributed by atoms with Crippen LogP contribution in [0.4, 0.5) is 0 Å². The molecule has 0 unspecified atom stereocenters. The van der Waals surface area contributed by atoms with E-state index in [1.165, 1.54) is 25.7 Å². The molecule has 2 fully saturated rings. The van der Waals surface area contributed by atoms with E-state index in [1.807, 2.05) is 18.2 Å². The fourth-order valence-corrected chi connectivity index (χ4v) is 3.32. The van der Waals surface area contributed by atoms with Crippen molar-refractivity contribution in [3.63, 3.8) is 0 Å².